The molecule has 0 bridgehead atoms. The zero-order valence-corrected chi connectivity index (χ0v) is 9.59. The Morgan fingerprint density at radius 3 is 2.89 bits per heavy atom. The molecule has 18 heavy (non-hydrogen) atoms. The Labute approximate surface area is 104 Å². The van der Waals surface area contributed by atoms with Crippen LogP contribution in [-0.4, -0.2) is 21.0 Å². The maximum Gasteiger partial charge on any atom is 0.347 e. The Morgan fingerprint density at radius 1 is 1.50 bits per heavy atom. The van der Waals surface area contributed by atoms with Crippen molar-refractivity contribution in [3.63, 3.8) is 0 Å². The number of hydrogen-bond acceptors (Lipinski definition) is 6. The van der Waals surface area contributed by atoms with Crippen molar-refractivity contribution in [3.8, 4) is 10.9 Å². The van der Waals surface area contributed by atoms with E-state index in [-0.39, 0.29) is 21.5 Å². The van der Waals surface area contributed by atoms with E-state index in [0.717, 1.165) is 17.5 Å². The second-order valence-electron chi connectivity index (χ2n) is 3.16. The molecule has 0 spiro atoms. The number of nitro groups is 1. The van der Waals surface area contributed by atoms with Crippen molar-refractivity contribution < 1.29 is 19.6 Å². The van der Waals surface area contributed by atoms with Crippen LogP contribution in [-0.2, 0) is 0 Å². The lowest BCUT2D eigenvalue weighted by atomic mass is 10.2. The maximum absolute atomic E-state index is 10.7. The number of rotatable bonds is 4. The third-order valence-electron chi connectivity index (χ3n) is 1.94. The van der Waals surface area contributed by atoms with E-state index < -0.39 is 10.9 Å². The van der Waals surface area contributed by atoms with Crippen LogP contribution < -0.4 is 4.74 Å². The topological polar surface area (TPSA) is 103 Å². The van der Waals surface area contributed by atoms with Crippen LogP contribution in [0.4, 0.5) is 5.00 Å². The first-order valence-electron chi connectivity index (χ1n) is 4.67. The van der Waals surface area contributed by atoms with Crippen molar-refractivity contribution in [2.75, 3.05) is 0 Å². The molecule has 0 aliphatic carbocycles. The summed E-state index contributed by atoms with van der Waals surface area (Å²) >= 11 is 0.770. The minimum atomic E-state index is -1.08. The van der Waals surface area contributed by atoms with Gasteiger partial charge in [0.1, 0.15) is 11.9 Å². The molecule has 0 aliphatic rings. The minimum Gasteiger partial charge on any atom is -0.478 e. The van der Waals surface area contributed by atoms with E-state index in [1.54, 1.807) is 6.07 Å². The summed E-state index contributed by atoms with van der Waals surface area (Å²) in [5.74, 6) is -0.815. The number of nitrogens with zero attached hydrogens (tertiary/aromatic N) is 2. The second kappa shape index (κ2) is 4.80. The molecule has 0 amide bonds. The fourth-order valence-electron chi connectivity index (χ4n) is 1.18. The summed E-state index contributed by atoms with van der Waals surface area (Å²) in [6.45, 7) is 0. The number of thiazole rings is 1. The molecule has 0 saturated heterocycles. The lowest BCUT2D eigenvalue weighted by molar-refractivity contribution is -0.380. The summed E-state index contributed by atoms with van der Waals surface area (Å²) in [7, 11) is 0. The molecule has 0 unspecified atom stereocenters. The standard InChI is InChI=1S/C10H6N2O5S/c13-9(14)6-2-1-3-7(4-6)17-10-11-5-8(18-10)12(15)16/h1-5H,(H,13,14). The molecule has 1 heterocycles. The number of hydrogen-bond donors (Lipinski definition) is 1. The molecule has 0 fully saturated rings. The third kappa shape index (κ3) is 2.61. The highest BCUT2D eigenvalue weighted by Crippen LogP contribution is 2.31. The largest absolute Gasteiger partial charge is 0.478 e. The third-order valence-corrected chi connectivity index (χ3v) is 2.77. The molecule has 8 heteroatoms. The second-order valence-corrected chi connectivity index (χ2v) is 4.13. The van der Waals surface area contributed by atoms with E-state index in [1.807, 2.05) is 0 Å². The highest BCUT2D eigenvalue weighted by atomic mass is 32.1. The predicted octanol–water partition coefficient (Wildman–Crippen LogP) is 2.54. The van der Waals surface area contributed by atoms with E-state index in [9.17, 15) is 14.9 Å². The summed E-state index contributed by atoms with van der Waals surface area (Å²) in [6.07, 6.45) is 1.08. The van der Waals surface area contributed by atoms with Crippen molar-refractivity contribution in [2.45, 2.75) is 0 Å². The molecule has 1 aromatic carbocycles. The Hall–Kier alpha value is -2.48. The van der Waals surface area contributed by atoms with Crippen LogP contribution >= 0.6 is 11.3 Å². The molecule has 2 aromatic rings. The van der Waals surface area contributed by atoms with E-state index >= 15 is 0 Å². The fourth-order valence-corrected chi connectivity index (χ4v) is 1.78. The van der Waals surface area contributed by atoms with Crippen LogP contribution in [0.15, 0.2) is 30.5 Å². The van der Waals surface area contributed by atoms with Crippen LogP contribution in [0.1, 0.15) is 10.4 Å². The summed E-state index contributed by atoms with van der Waals surface area (Å²) in [5.41, 5.74) is 0.0681. The van der Waals surface area contributed by atoms with Gasteiger partial charge in [-0.05, 0) is 29.5 Å². The number of benzene rings is 1. The van der Waals surface area contributed by atoms with E-state index in [0.29, 0.717) is 0 Å². The maximum atomic E-state index is 10.7. The number of ether oxygens (including phenoxy) is 1. The number of aromatic carboxylic acids is 1. The molecule has 0 saturated carbocycles. The quantitative estimate of drug-likeness (QED) is 0.673. The first-order chi connectivity index (χ1) is 8.56. The van der Waals surface area contributed by atoms with Gasteiger partial charge in [-0.15, -0.1) is 0 Å². The monoisotopic (exact) mass is 266 g/mol. The Morgan fingerprint density at radius 2 is 2.28 bits per heavy atom. The van der Waals surface area contributed by atoms with Gasteiger partial charge < -0.3 is 9.84 Å². The van der Waals surface area contributed by atoms with Crippen LogP contribution in [0.5, 0.6) is 10.9 Å². The molecule has 7 nitrogen and oxygen atoms in total. The zero-order valence-electron chi connectivity index (χ0n) is 8.77. The molecule has 0 atom stereocenters. The number of aromatic nitrogens is 1. The number of carboxylic acids is 1. The van der Waals surface area contributed by atoms with E-state index in [4.69, 9.17) is 9.84 Å². The van der Waals surface area contributed by atoms with Gasteiger partial charge in [0.25, 0.3) is 5.19 Å². The van der Waals surface area contributed by atoms with Crippen LogP contribution in [0.3, 0.4) is 0 Å². The predicted molar refractivity (Wildman–Crippen MR) is 62.2 cm³/mol. The highest BCUT2D eigenvalue weighted by molar-refractivity contribution is 7.16. The van der Waals surface area contributed by atoms with Crippen molar-refractivity contribution in [1.82, 2.24) is 4.98 Å². The van der Waals surface area contributed by atoms with Crippen LogP contribution in [0, 0.1) is 10.1 Å². The average Bonchev–Trinajstić information content (AvgIpc) is 2.78. The van der Waals surface area contributed by atoms with Crippen LogP contribution in [0.25, 0.3) is 0 Å². The molecule has 0 radical (unpaired) electrons. The van der Waals surface area contributed by atoms with Crippen LogP contribution in [0.2, 0.25) is 0 Å². The molecule has 1 aromatic heterocycles. The Kier molecular flexibility index (Phi) is 3.20. The molecule has 92 valence electrons. The van der Waals surface area contributed by atoms with E-state index in [2.05, 4.69) is 4.98 Å². The number of carbonyl (C=O) groups is 1. The fraction of sp³-hybridized carbons (Fsp3) is 0. The highest BCUT2D eigenvalue weighted by Gasteiger charge is 2.13. The zero-order chi connectivity index (χ0) is 13.1. The first-order valence-corrected chi connectivity index (χ1v) is 5.49. The van der Waals surface area contributed by atoms with Gasteiger partial charge in [0, 0.05) is 0 Å². The van der Waals surface area contributed by atoms with Gasteiger partial charge in [-0.1, -0.05) is 6.07 Å². The van der Waals surface area contributed by atoms with Crippen molar-refractivity contribution >= 4 is 22.3 Å². The minimum absolute atomic E-state index is 0.0681. The van der Waals surface area contributed by atoms with Gasteiger partial charge in [-0.25, -0.2) is 9.78 Å². The number of carboxylic acid groups (broad SMARTS) is 1. The van der Waals surface area contributed by atoms with Crippen molar-refractivity contribution in [3.05, 3.63) is 46.1 Å². The summed E-state index contributed by atoms with van der Waals surface area (Å²) in [4.78, 5) is 24.3. The lowest BCUT2D eigenvalue weighted by Crippen LogP contribution is -1.95. The molecule has 0 aliphatic heterocycles. The SMILES string of the molecule is O=C(O)c1cccc(Oc2ncc([N+](=O)[O-])s2)c1. The Bertz CT molecular complexity index is 610. The molecular weight excluding hydrogens is 260 g/mol. The van der Waals surface area contributed by atoms with Gasteiger partial charge in [-0.3, -0.25) is 10.1 Å². The van der Waals surface area contributed by atoms with E-state index in [1.165, 1.54) is 18.2 Å². The normalized spacial score (nSPS) is 10.0. The van der Waals surface area contributed by atoms with Gasteiger partial charge >= 0.3 is 11.0 Å². The van der Waals surface area contributed by atoms with Gasteiger partial charge in [-0.2, -0.15) is 0 Å². The summed E-state index contributed by atoms with van der Waals surface area (Å²) in [6, 6.07) is 5.79. The Balaban J connectivity index is 2.20. The smallest absolute Gasteiger partial charge is 0.347 e. The molecular formula is C10H6N2O5S. The lowest BCUT2D eigenvalue weighted by Gasteiger charge is -2.01. The average molecular weight is 266 g/mol. The van der Waals surface area contributed by atoms with Crippen molar-refractivity contribution in [2.24, 2.45) is 0 Å². The summed E-state index contributed by atoms with van der Waals surface area (Å²) < 4.78 is 5.24. The molecule has 1 N–H and O–H groups in total. The molecule has 2 rings (SSSR count). The first kappa shape index (κ1) is 12.0. The summed E-state index contributed by atoms with van der Waals surface area (Å²) in [5, 5.41) is 19.2. The van der Waals surface area contributed by atoms with Gasteiger partial charge in [0.2, 0.25) is 0 Å². The van der Waals surface area contributed by atoms with Gasteiger partial charge in [0.05, 0.1) is 10.5 Å². The van der Waals surface area contributed by atoms with Crippen molar-refractivity contribution in [1.29, 1.82) is 0 Å². The van der Waals surface area contributed by atoms with Gasteiger partial charge in [0.15, 0.2) is 0 Å².